The van der Waals surface area contributed by atoms with Gasteiger partial charge in [0.1, 0.15) is 0 Å². The maximum absolute atomic E-state index is 5.42. The van der Waals surface area contributed by atoms with Gasteiger partial charge in [0.25, 0.3) is 0 Å². The van der Waals surface area contributed by atoms with Crippen LogP contribution >= 0.6 is 0 Å². The first-order valence-corrected chi connectivity index (χ1v) is 5.10. The molecule has 0 atom stereocenters. The molecule has 0 aliphatic rings. The molecule has 3 heteroatoms. The van der Waals surface area contributed by atoms with Crippen LogP contribution in [0.1, 0.15) is 20.3 Å². The number of ether oxygens (including phenoxy) is 1. The van der Waals surface area contributed by atoms with Crippen molar-refractivity contribution in [3.05, 3.63) is 0 Å². The Hall–Kier alpha value is -0.120. The standard InChI is InChI=1S/C10H24N2O/c1-10(2)13-9-5-6-11-7-8-12(3)4/h10-11H,5-9H2,1-4H3. The summed E-state index contributed by atoms with van der Waals surface area (Å²) in [7, 11) is 4.17. The van der Waals surface area contributed by atoms with Crippen LogP contribution in [0.25, 0.3) is 0 Å². The second-order valence-electron chi connectivity index (χ2n) is 3.83. The average molecular weight is 188 g/mol. The van der Waals surface area contributed by atoms with Gasteiger partial charge < -0.3 is 15.0 Å². The lowest BCUT2D eigenvalue weighted by Crippen LogP contribution is -2.27. The van der Waals surface area contributed by atoms with E-state index in [-0.39, 0.29) is 0 Å². The highest BCUT2D eigenvalue weighted by atomic mass is 16.5. The summed E-state index contributed by atoms with van der Waals surface area (Å²) in [6.07, 6.45) is 1.47. The van der Waals surface area contributed by atoms with Crippen molar-refractivity contribution >= 4 is 0 Å². The SMILES string of the molecule is CC(C)OCCCNCCN(C)C. The van der Waals surface area contributed by atoms with Gasteiger partial charge in [-0.3, -0.25) is 0 Å². The number of hydrogen-bond acceptors (Lipinski definition) is 3. The molecular formula is C10H24N2O. The monoisotopic (exact) mass is 188 g/mol. The van der Waals surface area contributed by atoms with Crippen LogP contribution in [0.4, 0.5) is 0 Å². The second-order valence-corrected chi connectivity index (χ2v) is 3.83. The minimum absolute atomic E-state index is 0.363. The van der Waals surface area contributed by atoms with Crippen LogP contribution in [0.15, 0.2) is 0 Å². The molecule has 80 valence electrons. The van der Waals surface area contributed by atoms with Gasteiger partial charge in [0, 0.05) is 19.7 Å². The molecule has 0 aromatic heterocycles. The van der Waals surface area contributed by atoms with E-state index < -0.39 is 0 Å². The van der Waals surface area contributed by atoms with Gasteiger partial charge in [-0.05, 0) is 40.9 Å². The third-order valence-corrected chi connectivity index (χ3v) is 1.68. The van der Waals surface area contributed by atoms with Gasteiger partial charge in [-0.25, -0.2) is 0 Å². The Labute approximate surface area is 82.4 Å². The smallest absolute Gasteiger partial charge is 0.0518 e. The van der Waals surface area contributed by atoms with Crippen LogP contribution in [-0.4, -0.2) is 51.3 Å². The van der Waals surface area contributed by atoms with E-state index in [0.717, 1.165) is 32.7 Å². The molecule has 1 N–H and O–H groups in total. The molecule has 0 bridgehead atoms. The first-order chi connectivity index (χ1) is 6.13. The Morgan fingerprint density at radius 3 is 2.46 bits per heavy atom. The molecule has 0 aromatic carbocycles. The second kappa shape index (κ2) is 8.48. The molecule has 0 fully saturated rings. The van der Waals surface area contributed by atoms with Crippen molar-refractivity contribution in [3.63, 3.8) is 0 Å². The summed E-state index contributed by atoms with van der Waals surface area (Å²) < 4.78 is 5.42. The van der Waals surface area contributed by atoms with Gasteiger partial charge in [0.2, 0.25) is 0 Å². The predicted molar refractivity (Wildman–Crippen MR) is 57.1 cm³/mol. The van der Waals surface area contributed by atoms with E-state index in [1.165, 1.54) is 0 Å². The Kier molecular flexibility index (Phi) is 8.40. The van der Waals surface area contributed by atoms with Crippen molar-refractivity contribution < 1.29 is 4.74 Å². The highest BCUT2D eigenvalue weighted by Gasteiger charge is 1.93. The zero-order valence-electron chi connectivity index (χ0n) is 9.47. The van der Waals surface area contributed by atoms with Gasteiger partial charge in [0.15, 0.2) is 0 Å². The third-order valence-electron chi connectivity index (χ3n) is 1.68. The fraction of sp³-hybridized carbons (Fsp3) is 1.00. The highest BCUT2D eigenvalue weighted by Crippen LogP contribution is 1.88. The van der Waals surface area contributed by atoms with Crippen molar-refractivity contribution in [1.29, 1.82) is 0 Å². The summed E-state index contributed by atoms with van der Waals surface area (Å²) in [4.78, 5) is 2.18. The van der Waals surface area contributed by atoms with E-state index in [9.17, 15) is 0 Å². The minimum Gasteiger partial charge on any atom is -0.379 e. The van der Waals surface area contributed by atoms with E-state index >= 15 is 0 Å². The minimum atomic E-state index is 0.363. The summed E-state index contributed by atoms with van der Waals surface area (Å²) in [5.41, 5.74) is 0. The fourth-order valence-corrected chi connectivity index (χ4v) is 0.944. The normalized spacial score (nSPS) is 11.5. The molecular weight excluding hydrogens is 164 g/mol. The molecule has 0 aromatic rings. The van der Waals surface area contributed by atoms with Gasteiger partial charge in [-0.1, -0.05) is 0 Å². The van der Waals surface area contributed by atoms with Gasteiger partial charge in [-0.15, -0.1) is 0 Å². The lowest BCUT2D eigenvalue weighted by Gasteiger charge is -2.11. The molecule has 0 spiro atoms. The third kappa shape index (κ3) is 11.9. The molecule has 0 amide bonds. The summed E-state index contributed by atoms with van der Waals surface area (Å²) in [5, 5.41) is 3.37. The first kappa shape index (κ1) is 12.9. The number of nitrogens with zero attached hydrogens (tertiary/aromatic N) is 1. The summed E-state index contributed by atoms with van der Waals surface area (Å²) >= 11 is 0. The molecule has 3 nitrogen and oxygen atoms in total. The van der Waals surface area contributed by atoms with Gasteiger partial charge >= 0.3 is 0 Å². The topological polar surface area (TPSA) is 24.5 Å². The van der Waals surface area contributed by atoms with Crippen molar-refractivity contribution in [2.45, 2.75) is 26.4 Å². The number of rotatable bonds is 8. The van der Waals surface area contributed by atoms with Crippen LogP contribution in [0.2, 0.25) is 0 Å². The van der Waals surface area contributed by atoms with E-state index in [4.69, 9.17) is 4.74 Å². The van der Waals surface area contributed by atoms with Crippen molar-refractivity contribution in [2.75, 3.05) is 40.3 Å². The van der Waals surface area contributed by atoms with Crippen molar-refractivity contribution in [3.8, 4) is 0 Å². The number of likely N-dealkylation sites (N-methyl/N-ethyl adjacent to an activating group) is 1. The predicted octanol–water partition coefficient (Wildman–Crippen LogP) is 0.953. The molecule has 0 heterocycles. The Morgan fingerprint density at radius 2 is 1.92 bits per heavy atom. The molecule has 0 unspecified atom stereocenters. The van der Waals surface area contributed by atoms with E-state index in [1.807, 2.05) is 0 Å². The average Bonchev–Trinajstić information content (AvgIpc) is 2.01. The fourth-order valence-electron chi connectivity index (χ4n) is 0.944. The molecule has 0 aliphatic heterocycles. The molecule has 0 rings (SSSR count). The first-order valence-electron chi connectivity index (χ1n) is 5.10. The quantitative estimate of drug-likeness (QED) is 0.574. The van der Waals surface area contributed by atoms with Crippen LogP contribution in [0.3, 0.4) is 0 Å². The van der Waals surface area contributed by atoms with Crippen LogP contribution in [0, 0.1) is 0 Å². The summed E-state index contributed by atoms with van der Waals surface area (Å²) in [6.45, 7) is 8.23. The Bertz CT molecular complexity index is 93.1. The Morgan fingerprint density at radius 1 is 1.23 bits per heavy atom. The highest BCUT2D eigenvalue weighted by molar-refractivity contribution is 4.50. The van der Waals surface area contributed by atoms with Crippen molar-refractivity contribution in [2.24, 2.45) is 0 Å². The van der Waals surface area contributed by atoms with Crippen LogP contribution in [-0.2, 0) is 4.74 Å². The zero-order valence-corrected chi connectivity index (χ0v) is 9.47. The molecule has 0 saturated carbocycles. The zero-order chi connectivity index (χ0) is 10.1. The molecule has 0 radical (unpaired) electrons. The van der Waals surface area contributed by atoms with Crippen LogP contribution in [0.5, 0.6) is 0 Å². The summed E-state index contributed by atoms with van der Waals surface area (Å²) in [6, 6.07) is 0. The number of nitrogens with one attached hydrogen (secondary N) is 1. The Balaban J connectivity index is 2.92. The van der Waals surface area contributed by atoms with Gasteiger partial charge in [-0.2, -0.15) is 0 Å². The van der Waals surface area contributed by atoms with Gasteiger partial charge in [0.05, 0.1) is 6.10 Å². The lowest BCUT2D eigenvalue weighted by molar-refractivity contribution is 0.0770. The summed E-state index contributed by atoms with van der Waals surface area (Å²) in [5.74, 6) is 0. The molecule has 0 saturated heterocycles. The number of hydrogen-bond donors (Lipinski definition) is 1. The van der Waals surface area contributed by atoms with E-state index in [2.05, 4.69) is 38.2 Å². The van der Waals surface area contributed by atoms with Crippen LogP contribution < -0.4 is 5.32 Å². The van der Waals surface area contributed by atoms with E-state index in [0.29, 0.717) is 6.10 Å². The maximum atomic E-state index is 5.42. The molecule has 0 aliphatic carbocycles. The maximum Gasteiger partial charge on any atom is 0.0518 e. The van der Waals surface area contributed by atoms with E-state index in [1.54, 1.807) is 0 Å². The largest absolute Gasteiger partial charge is 0.379 e. The lowest BCUT2D eigenvalue weighted by atomic mass is 10.4. The van der Waals surface area contributed by atoms with Crippen molar-refractivity contribution in [1.82, 2.24) is 10.2 Å². The molecule has 13 heavy (non-hydrogen) atoms.